The highest BCUT2D eigenvalue weighted by molar-refractivity contribution is 6.31. The van der Waals surface area contributed by atoms with Gasteiger partial charge in [0.15, 0.2) is 5.78 Å². The monoisotopic (exact) mass is 236 g/mol. The first kappa shape index (κ1) is 12.6. The van der Waals surface area contributed by atoms with E-state index in [1.807, 2.05) is 0 Å². The molecule has 0 saturated carbocycles. The summed E-state index contributed by atoms with van der Waals surface area (Å²) in [5.41, 5.74) is 0.520. The maximum Gasteiger partial charge on any atom is 0.166 e. The standard InChI is InChI=1S/C13H13ClO2/c1-3-4-5-6-12(15)11-9-10(14)7-8-13(11)16-2/h1,7-9H,4-6H2,2H3. The van der Waals surface area contributed by atoms with E-state index in [0.717, 1.165) is 0 Å². The summed E-state index contributed by atoms with van der Waals surface area (Å²) in [6.45, 7) is 0. The number of hydrogen-bond acceptors (Lipinski definition) is 2. The quantitative estimate of drug-likeness (QED) is 0.445. The third kappa shape index (κ3) is 3.29. The number of ketones is 1. The van der Waals surface area contributed by atoms with Crippen LogP contribution in [0.25, 0.3) is 0 Å². The molecule has 1 rings (SSSR count). The largest absolute Gasteiger partial charge is 0.496 e. The minimum Gasteiger partial charge on any atom is -0.496 e. The molecule has 0 unspecified atom stereocenters. The van der Waals surface area contributed by atoms with Crippen molar-refractivity contribution in [1.29, 1.82) is 0 Å². The Morgan fingerprint density at radius 3 is 2.94 bits per heavy atom. The van der Waals surface area contributed by atoms with Crippen molar-refractivity contribution >= 4 is 17.4 Å². The van der Waals surface area contributed by atoms with Crippen molar-refractivity contribution in [3.63, 3.8) is 0 Å². The molecule has 0 aliphatic heterocycles. The van der Waals surface area contributed by atoms with Crippen molar-refractivity contribution in [2.24, 2.45) is 0 Å². The molecule has 0 fully saturated rings. The molecule has 0 bridgehead atoms. The summed E-state index contributed by atoms with van der Waals surface area (Å²) in [6, 6.07) is 5.01. The van der Waals surface area contributed by atoms with Crippen LogP contribution in [0, 0.1) is 12.3 Å². The molecule has 0 amide bonds. The molecular formula is C13H13ClO2. The third-order valence-electron chi connectivity index (χ3n) is 2.19. The predicted molar refractivity (Wildman–Crippen MR) is 65.0 cm³/mol. The maximum atomic E-state index is 11.8. The zero-order valence-electron chi connectivity index (χ0n) is 9.13. The minimum absolute atomic E-state index is 0.00889. The van der Waals surface area contributed by atoms with Crippen molar-refractivity contribution in [3.05, 3.63) is 28.8 Å². The molecule has 0 aliphatic rings. The number of methoxy groups -OCH3 is 1. The topological polar surface area (TPSA) is 26.3 Å². The molecule has 0 saturated heterocycles. The van der Waals surface area contributed by atoms with Gasteiger partial charge in [0.2, 0.25) is 0 Å². The van der Waals surface area contributed by atoms with Gasteiger partial charge in [0.25, 0.3) is 0 Å². The van der Waals surface area contributed by atoms with Gasteiger partial charge in [0, 0.05) is 17.9 Å². The van der Waals surface area contributed by atoms with Gasteiger partial charge in [-0.2, -0.15) is 0 Å². The van der Waals surface area contributed by atoms with Crippen LogP contribution in [-0.2, 0) is 0 Å². The van der Waals surface area contributed by atoms with Crippen LogP contribution in [0.4, 0.5) is 0 Å². The molecule has 2 nitrogen and oxygen atoms in total. The van der Waals surface area contributed by atoms with Crippen molar-refractivity contribution in [3.8, 4) is 18.1 Å². The van der Waals surface area contributed by atoms with E-state index >= 15 is 0 Å². The van der Waals surface area contributed by atoms with E-state index in [2.05, 4.69) is 5.92 Å². The van der Waals surface area contributed by atoms with Crippen LogP contribution in [0.2, 0.25) is 5.02 Å². The lowest BCUT2D eigenvalue weighted by Gasteiger charge is -2.07. The summed E-state index contributed by atoms with van der Waals surface area (Å²) in [6.07, 6.45) is 6.84. The number of carbonyl (C=O) groups is 1. The fourth-order valence-electron chi connectivity index (χ4n) is 1.38. The van der Waals surface area contributed by atoms with E-state index in [1.165, 1.54) is 7.11 Å². The Hall–Kier alpha value is -1.46. The molecule has 84 valence electrons. The molecule has 0 aliphatic carbocycles. The van der Waals surface area contributed by atoms with E-state index in [-0.39, 0.29) is 5.78 Å². The van der Waals surface area contributed by atoms with E-state index in [4.69, 9.17) is 22.8 Å². The third-order valence-corrected chi connectivity index (χ3v) is 2.42. The highest BCUT2D eigenvalue weighted by Crippen LogP contribution is 2.24. The number of Topliss-reactive ketones (excluding diaryl/α,β-unsaturated/α-hetero) is 1. The number of rotatable bonds is 5. The number of unbranched alkanes of at least 4 members (excludes halogenated alkanes) is 1. The van der Waals surface area contributed by atoms with E-state index < -0.39 is 0 Å². The zero-order chi connectivity index (χ0) is 12.0. The van der Waals surface area contributed by atoms with Crippen molar-refractivity contribution < 1.29 is 9.53 Å². The van der Waals surface area contributed by atoms with Gasteiger partial charge in [-0.05, 0) is 24.6 Å². The Bertz CT molecular complexity index is 418. The second-order valence-corrected chi connectivity index (χ2v) is 3.76. The molecular weight excluding hydrogens is 224 g/mol. The minimum atomic E-state index is 0.00889. The van der Waals surface area contributed by atoms with E-state index in [9.17, 15) is 4.79 Å². The summed E-state index contributed by atoms with van der Waals surface area (Å²) >= 11 is 5.84. The normalized spacial score (nSPS) is 9.56. The fourth-order valence-corrected chi connectivity index (χ4v) is 1.56. The van der Waals surface area contributed by atoms with Gasteiger partial charge < -0.3 is 4.74 Å². The van der Waals surface area contributed by atoms with Crippen molar-refractivity contribution in [2.45, 2.75) is 19.3 Å². The summed E-state index contributed by atoms with van der Waals surface area (Å²) in [7, 11) is 1.53. The highest BCUT2D eigenvalue weighted by atomic mass is 35.5. The SMILES string of the molecule is C#CCCCC(=O)c1cc(Cl)ccc1OC. The molecule has 3 heteroatoms. The number of terminal acetylenes is 1. The van der Waals surface area contributed by atoms with Crippen LogP contribution in [0.1, 0.15) is 29.6 Å². The second-order valence-electron chi connectivity index (χ2n) is 3.33. The van der Waals surface area contributed by atoms with Crippen LogP contribution in [0.3, 0.4) is 0 Å². The average molecular weight is 237 g/mol. The van der Waals surface area contributed by atoms with Crippen LogP contribution < -0.4 is 4.74 Å². The van der Waals surface area contributed by atoms with Crippen LogP contribution in [0.5, 0.6) is 5.75 Å². The second kappa shape index (κ2) is 6.19. The number of hydrogen-bond donors (Lipinski definition) is 0. The van der Waals surface area contributed by atoms with Gasteiger partial charge >= 0.3 is 0 Å². The lowest BCUT2D eigenvalue weighted by atomic mass is 10.0. The van der Waals surface area contributed by atoms with Crippen LogP contribution >= 0.6 is 11.6 Å². The number of carbonyl (C=O) groups excluding carboxylic acids is 1. The fraction of sp³-hybridized carbons (Fsp3) is 0.308. The Kier molecular flexibility index (Phi) is 4.88. The molecule has 0 N–H and O–H groups in total. The molecule has 0 heterocycles. The van der Waals surface area contributed by atoms with Crippen LogP contribution in [-0.4, -0.2) is 12.9 Å². The van der Waals surface area contributed by atoms with Gasteiger partial charge in [-0.3, -0.25) is 4.79 Å². The number of ether oxygens (including phenoxy) is 1. The first-order valence-corrected chi connectivity index (χ1v) is 5.37. The molecule has 1 aromatic rings. The highest BCUT2D eigenvalue weighted by Gasteiger charge is 2.12. The van der Waals surface area contributed by atoms with Gasteiger partial charge in [-0.25, -0.2) is 0 Å². The molecule has 0 spiro atoms. The van der Waals surface area contributed by atoms with Crippen molar-refractivity contribution in [1.82, 2.24) is 0 Å². The Balaban J connectivity index is 2.81. The van der Waals surface area contributed by atoms with E-state index in [0.29, 0.717) is 35.6 Å². The van der Waals surface area contributed by atoms with Gasteiger partial charge in [0.05, 0.1) is 12.7 Å². The molecule has 0 aromatic heterocycles. The van der Waals surface area contributed by atoms with Gasteiger partial charge in [-0.1, -0.05) is 11.6 Å². The maximum absolute atomic E-state index is 11.8. The van der Waals surface area contributed by atoms with Gasteiger partial charge in [0.1, 0.15) is 5.75 Å². The summed E-state index contributed by atoms with van der Waals surface area (Å²) < 4.78 is 5.11. The molecule has 1 aromatic carbocycles. The van der Waals surface area contributed by atoms with Gasteiger partial charge in [-0.15, -0.1) is 12.3 Å². The predicted octanol–water partition coefficient (Wildman–Crippen LogP) is 3.33. The first-order valence-electron chi connectivity index (χ1n) is 4.99. The number of halogens is 1. The first-order chi connectivity index (χ1) is 7.69. The van der Waals surface area contributed by atoms with E-state index in [1.54, 1.807) is 18.2 Å². The summed E-state index contributed by atoms with van der Waals surface area (Å²) in [4.78, 5) is 11.8. The Labute approximate surface area is 101 Å². The van der Waals surface area contributed by atoms with Crippen molar-refractivity contribution in [2.75, 3.05) is 7.11 Å². The Morgan fingerprint density at radius 2 is 2.31 bits per heavy atom. The van der Waals surface area contributed by atoms with Crippen LogP contribution in [0.15, 0.2) is 18.2 Å². The lowest BCUT2D eigenvalue weighted by molar-refractivity contribution is 0.0977. The zero-order valence-corrected chi connectivity index (χ0v) is 9.88. The average Bonchev–Trinajstić information content (AvgIpc) is 2.29. The summed E-state index contributed by atoms with van der Waals surface area (Å²) in [5, 5.41) is 0.529. The summed E-state index contributed by atoms with van der Waals surface area (Å²) in [5.74, 6) is 3.06. The molecule has 0 atom stereocenters. The Morgan fingerprint density at radius 1 is 1.56 bits per heavy atom. The number of benzene rings is 1. The molecule has 16 heavy (non-hydrogen) atoms. The lowest BCUT2D eigenvalue weighted by Crippen LogP contribution is -2.02. The molecule has 0 radical (unpaired) electrons. The smallest absolute Gasteiger partial charge is 0.166 e.